The van der Waals surface area contributed by atoms with Gasteiger partial charge in [0.2, 0.25) is 5.91 Å². The van der Waals surface area contributed by atoms with Gasteiger partial charge in [0.15, 0.2) is 6.10 Å². The summed E-state index contributed by atoms with van der Waals surface area (Å²) in [7, 11) is 0. The minimum Gasteiger partial charge on any atom is -0.378 e. The first kappa shape index (κ1) is 23.1. The lowest BCUT2D eigenvalue weighted by Crippen LogP contribution is -2.43. The molecule has 0 aliphatic rings. The topological polar surface area (TPSA) is 107 Å². The summed E-state index contributed by atoms with van der Waals surface area (Å²) >= 11 is 0. The second-order valence-corrected chi connectivity index (χ2v) is 7.98. The van der Waals surface area contributed by atoms with Crippen LogP contribution >= 0.6 is 0 Å². The normalized spacial score (nSPS) is 13.3. The predicted molar refractivity (Wildman–Crippen MR) is 115 cm³/mol. The molecule has 3 rings (SSSR count). The number of carbonyl (C=O) groups excluding carboxylic acids is 2. The maximum absolute atomic E-state index is 13.6. The zero-order chi connectivity index (χ0) is 23.5. The highest BCUT2D eigenvalue weighted by Gasteiger charge is 2.28. The Morgan fingerprint density at radius 2 is 1.66 bits per heavy atom. The van der Waals surface area contributed by atoms with Crippen molar-refractivity contribution in [1.82, 2.24) is 15.5 Å². The first-order valence-corrected chi connectivity index (χ1v) is 9.94. The van der Waals surface area contributed by atoms with Gasteiger partial charge < -0.3 is 15.7 Å². The molecule has 0 bridgehead atoms. The highest BCUT2D eigenvalue weighted by molar-refractivity contribution is 5.97. The van der Waals surface area contributed by atoms with Crippen molar-refractivity contribution in [3.63, 3.8) is 0 Å². The van der Waals surface area contributed by atoms with Crippen molar-refractivity contribution in [2.24, 2.45) is 0 Å². The van der Waals surface area contributed by atoms with E-state index in [1.165, 1.54) is 19.1 Å². The molecule has 3 aromatic rings. The lowest BCUT2D eigenvalue weighted by molar-refractivity contribution is -0.132. The zero-order valence-electron chi connectivity index (χ0n) is 17.8. The number of aliphatic hydroxyl groups excluding tert-OH is 1. The Bertz CT molecular complexity index is 1100. The van der Waals surface area contributed by atoms with E-state index in [-0.39, 0.29) is 5.82 Å². The Kier molecular flexibility index (Phi) is 6.69. The fraction of sp³-hybridized carbons (Fsp3) is 0.261. The van der Waals surface area contributed by atoms with Crippen LogP contribution in [0.4, 0.5) is 14.6 Å². The number of nitrogens with zero attached hydrogens (tertiary/aromatic N) is 1. The number of aromatic nitrogens is 2. The van der Waals surface area contributed by atoms with Crippen LogP contribution in [-0.4, -0.2) is 33.2 Å². The van der Waals surface area contributed by atoms with Crippen LogP contribution in [0.25, 0.3) is 0 Å². The van der Waals surface area contributed by atoms with E-state index in [4.69, 9.17) is 0 Å². The molecule has 0 fully saturated rings. The maximum atomic E-state index is 13.6. The summed E-state index contributed by atoms with van der Waals surface area (Å²) in [6.45, 7) is 4.97. The molecule has 2 aromatic carbocycles. The number of hydrogen-bond acceptors (Lipinski definition) is 4. The number of nitrogens with one attached hydrogen (secondary N) is 3. The number of amides is 2. The molecule has 2 atom stereocenters. The molecule has 0 spiro atoms. The lowest BCUT2D eigenvalue weighted by Gasteiger charge is -2.23. The van der Waals surface area contributed by atoms with Gasteiger partial charge in [0, 0.05) is 17.5 Å². The van der Waals surface area contributed by atoms with E-state index in [9.17, 15) is 23.5 Å². The van der Waals surface area contributed by atoms with E-state index in [1.54, 1.807) is 50.2 Å². The van der Waals surface area contributed by atoms with Gasteiger partial charge in [-0.25, -0.2) is 8.78 Å². The molecule has 1 aromatic heterocycles. The molecule has 7 nitrogen and oxygen atoms in total. The van der Waals surface area contributed by atoms with E-state index < -0.39 is 41.0 Å². The summed E-state index contributed by atoms with van der Waals surface area (Å²) in [6.07, 6.45) is -1.40. The molecule has 2 amide bonds. The van der Waals surface area contributed by atoms with Crippen molar-refractivity contribution in [2.75, 3.05) is 5.32 Å². The van der Waals surface area contributed by atoms with Crippen molar-refractivity contribution in [3.8, 4) is 0 Å². The third-order valence-electron chi connectivity index (χ3n) is 5.18. The number of halogens is 2. The van der Waals surface area contributed by atoms with Crippen LogP contribution in [0.3, 0.4) is 0 Å². The number of rotatable bonds is 7. The number of aromatic amines is 1. The standard InChI is InChI=1S/C23H24F2N4O3/c1-13(26-22(32)20(30)14-7-5-4-6-8-14)21(31)27-19-12-18(28-29-19)23(2,3)15-9-16(24)11-17(25)10-15/h4-13,20,30H,1-3H3,(H,26,32)(H2,27,28,29,31). The molecule has 0 radical (unpaired) electrons. The van der Waals surface area contributed by atoms with Gasteiger partial charge in [-0.3, -0.25) is 14.7 Å². The van der Waals surface area contributed by atoms with E-state index in [2.05, 4.69) is 20.8 Å². The Morgan fingerprint density at radius 3 is 2.28 bits per heavy atom. The molecule has 1 heterocycles. The molecule has 0 aliphatic heterocycles. The number of anilines is 1. The lowest BCUT2D eigenvalue weighted by atomic mass is 9.81. The Morgan fingerprint density at radius 1 is 1.03 bits per heavy atom. The third-order valence-corrected chi connectivity index (χ3v) is 5.18. The van der Waals surface area contributed by atoms with Gasteiger partial charge in [-0.1, -0.05) is 44.2 Å². The van der Waals surface area contributed by atoms with Crippen molar-refractivity contribution >= 4 is 17.6 Å². The van der Waals surface area contributed by atoms with Crippen molar-refractivity contribution in [1.29, 1.82) is 0 Å². The van der Waals surface area contributed by atoms with Crippen molar-refractivity contribution in [3.05, 3.63) is 83.1 Å². The third kappa shape index (κ3) is 5.17. The van der Waals surface area contributed by atoms with Crippen molar-refractivity contribution in [2.45, 2.75) is 38.3 Å². The number of benzene rings is 2. The van der Waals surface area contributed by atoms with Gasteiger partial charge in [-0.15, -0.1) is 0 Å². The second kappa shape index (κ2) is 9.27. The fourth-order valence-corrected chi connectivity index (χ4v) is 3.15. The average molecular weight is 442 g/mol. The number of carbonyl (C=O) groups is 2. The van der Waals surface area contributed by atoms with Gasteiger partial charge in [0.1, 0.15) is 23.5 Å². The van der Waals surface area contributed by atoms with Gasteiger partial charge in [-0.2, -0.15) is 5.10 Å². The highest BCUT2D eigenvalue weighted by atomic mass is 19.1. The van der Waals surface area contributed by atoms with Gasteiger partial charge in [-0.05, 0) is 30.2 Å². The first-order chi connectivity index (χ1) is 15.1. The molecule has 9 heteroatoms. The molecular weight excluding hydrogens is 418 g/mol. The molecule has 168 valence electrons. The molecule has 0 aliphatic carbocycles. The van der Waals surface area contributed by atoms with Crippen LogP contribution in [-0.2, 0) is 15.0 Å². The summed E-state index contributed by atoms with van der Waals surface area (Å²) in [4.78, 5) is 24.7. The number of aliphatic hydroxyl groups is 1. The first-order valence-electron chi connectivity index (χ1n) is 9.94. The van der Waals surface area contributed by atoms with Crippen LogP contribution in [0, 0.1) is 11.6 Å². The van der Waals surface area contributed by atoms with Gasteiger partial charge in [0.25, 0.3) is 5.91 Å². The van der Waals surface area contributed by atoms with Crippen LogP contribution < -0.4 is 10.6 Å². The molecule has 2 unspecified atom stereocenters. The SMILES string of the molecule is CC(NC(=O)C(O)c1ccccc1)C(=O)Nc1cc(C(C)(C)c2cc(F)cc(F)c2)n[nH]1. The fourth-order valence-electron chi connectivity index (χ4n) is 3.15. The molecular formula is C23H24F2N4O3. The Balaban J connectivity index is 1.65. The Labute approximate surface area is 183 Å². The summed E-state index contributed by atoms with van der Waals surface area (Å²) in [5.41, 5.74) is 0.401. The second-order valence-electron chi connectivity index (χ2n) is 7.98. The van der Waals surface area contributed by atoms with Crippen LogP contribution in [0.5, 0.6) is 0 Å². The molecule has 32 heavy (non-hydrogen) atoms. The smallest absolute Gasteiger partial charge is 0.254 e. The van der Waals surface area contributed by atoms with Crippen LogP contribution in [0.1, 0.15) is 43.7 Å². The van der Waals surface area contributed by atoms with E-state index in [1.807, 2.05) is 0 Å². The van der Waals surface area contributed by atoms with E-state index in [0.29, 0.717) is 16.8 Å². The van der Waals surface area contributed by atoms with Crippen LogP contribution in [0.2, 0.25) is 0 Å². The van der Waals surface area contributed by atoms with Crippen LogP contribution in [0.15, 0.2) is 54.6 Å². The minimum absolute atomic E-state index is 0.250. The highest BCUT2D eigenvalue weighted by Crippen LogP contribution is 2.32. The molecule has 4 N–H and O–H groups in total. The largest absolute Gasteiger partial charge is 0.378 e. The molecule has 0 saturated carbocycles. The quantitative estimate of drug-likeness (QED) is 0.451. The van der Waals surface area contributed by atoms with Gasteiger partial charge in [0.05, 0.1) is 5.69 Å². The van der Waals surface area contributed by atoms with E-state index in [0.717, 1.165) is 6.07 Å². The summed E-state index contributed by atoms with van der Waals surface area (Å²) in [5, 5.41) is 22.0. The zero-order valence-corrected chi connectivity index (χ0v) is 17.8. The predicted octanol–water partition coefficient (Wildman–Crippen LogP) is 3.19. The van der Waals surface area contributed by atoms with E-state index >= 15 is 0 Å². The van der Waals surface area contributed by atoms with Gasteiger partial charge >= 0.3 is 0 Å². The minimum atomic E-state index is -1.40. The molecule has 0 saturated heterocycles. The Hall–Kier alpha value is -3.59. The number of H-pyrrole nitrogens is 1. The average Bonchev–Trinajstić information content (AvgIpc) is 3.22. The summed E-state index contributed by atoms with van der Waals surface area (Å²) in [6, 6.07) is 12.2. The summed E-state index contributed by atoms with van der Waals surface area (Å²) < 4.78 is 27.3. The number of hydrogen-bond donors (Lipinski definition) is 4. The summed E-state index contributed by atoms with van der Waals surface area (Å²) in [5.74, 6) is -2.39. The maximum Gasteiger partial charge on any atom is 0.254 e. The van der Waals surface area contributed by atoms with Crippen molar-refractivity contribution < 1.29 is 23.5 Å². The monoisotopic (exact) mass is 442 g/mol.